The van der Waals surface area contributed by atoms with Crippen molar-refractivity contribution in [1.29, 1.82) is 0 Å². The number of rotatable bonds is 4. The number of anilines is 1. The second-order valence-corrected chi connectivity index (χ2v) is 4.80. The Kier molecular flexibility index (Phi) is 5.06. The Hall–Kier alpha value is -2.47. The highest BCUT2D eigenvalue weighted by Gasteiger charge is 2.19. The van der Waals surface area contributed by atoms with Crippen LogP contribution in [0.3, 0.4) is 0 Å². The first-order chi connectivity index (χ1) is 10.5. The summed E-state index contributed by atoms with van der Waals surface area (Å²) in [6, 6.07) is 8.14. The summed E-state index contributed by atoms with van der Waals surface area (Å²) in [6.45, 7) is 1.43. The second-order valence-electron chi connectivity index (χ2n) is 4.41. The first kappa shape index (κ1) is 15.9. The minimum Gasteiger partial charge on any atom is -0.449 e. The zero-order chi connectivity index (χ0) is 16.1. The van der Waals surface area contributed by atoms with Gasteiger partial charge in [0.05, 0.1) is 5.56 Å². The van der Waals surface area contributed by atoms with Gasteiger partial charge in [0.15, 0.2) is 6.10 Å². The lowest BCUT2D eigenvalue weighted by atomic mass is 10.2. The highest BCUT2D eigenvalue weighted by atomic mass is 35.5. The molecule has 0 aliphatic rings. The molecule has 1 atom stereocenters. The molecule has 0 saturated heterocycles. The lowest BCUT2D eigenvalue weighted by Gasteiger charge is -2.13. The number of hydrogen-bond donors (Lipinski definition) is 1. The molecular weight excluding hydrogens is 311 g/mol. The van der Waals surface area contributed by atoms with E-state index in [0.717, 1.165) is 0 Å². The van der Waals surface area contributed by atoms with E-state index in [2.05, 4.69) is 10.3 Å². The standard InChI is InChI=1S/C15H12ClFN2O3/c1-9(14(20)19-12-5-3-11(17)4-6-12)22-15(21)10-2-7-13(16)18-8-10/h2-9H,1H3,(H,19,20)/t9-/m1/s1. The fraction of sp³-hybridized carbons (Fsp3) is 0.133. The number of hydrogen-bond acceptors (Lipinski definition) is 4. The lowest BCUT2D eigenvalue weighted by molar-refractivity contribution is -0.123. The Morgan fingerprint density at radius 2 is 1.91 bits per heavy atom. The van der Waals surface area contributed by atoms with Gasteiger partial charge in [-0.2, -0.15) is 0 Å². The van der Waals surface area contributed by atoms with Gasteiger partial charge in [-0.15, -0.1) is 0 Å². The van der Waals surface area contributed by atoms with Crippen molar-refractivity contribution in [3.63, 3.8) is 0 Å². The average Bonchev–Trinajstić information content (AvgIpc) is 2.50. The molecule has 0 aliphatic carbocycles. The van der Waals surface area contributed by atoms with Crippen LogP contribution in [0.25, 0.3) is 0 Å². The number of carbonyl (C=O) groups excluding carboxylic acids is 2. The van der Waals surface area contributed by atoms with E-state index in [1.807, 2.05) is 0 Å². The summed E-state index contributed by atoms with van der Waals surface area (Å²) in [5, 5.41) is 2.76. The number of carbonyl (C=O) groups is 2. The molecule has 0 aliphatic heterocycles. The van der Waals surface area contributed by atoms with Crippen molar-refractivity contribution in [2.24, 2.45) is 0 Å². The molecule has 1 N–H and O–H groups in total. The van der Waals surface area contributed by atoms with E-state index in [1.165, 1.54) is 49.5 Å². The number of nitrogens with zero attached hydrogens (tertiary/aromatic N) is 1. The lowest BCUT2D eigenvalue weighted by Crippen LogP contribution is -2.30. The van der Waals surface area contributed by atoms with Crippen LogP contribution in [0.4, 0.5) is 10.1 Å². The molecule has 0 saturated carbocycles. The van der Waals surface area contributed by atoms with Gasteiger partial charge < -0.3 is 10.1 Å². The van der Waals surface area contributed by atoms with Gasteiger partial charge in [0.2, 0.25) is 0 Å². The highest BCUT2D eigenvalue weighted by molar-refractivity contribution is 6.29. The number of halogens is 2. The molecule has 5 nitrogen and oxygen atoms in total. The molecule has 0 spiro atoms. The van der Waals surface area contributed by atoms with Crippen molar-refractivity contribution in [3.8, 4) is 0 Å². The van der Waals surface area contributed by atoms with Crippen LogP contribution in [0.15, 0.2) is 42.6 Å². The summed E-state index contributed by atoms with van der Waals surface area (Å²) in [7, 11) is 0. The van der Waals surface area contributed by atoms with Crippen LogP contribution >= 0.6 is 11.6 Å². The SMILES string of the molecule is C[C@@H](OC(=O)c1ccc(Cl)nc1)C(=O)Nc1ccc(F)cc1. The maximum absolute atomic E-state index is 12.8. The van der Waals surface area contributed by atoms with Crippen LogP contribution in [0.1, 0.15) is 17.3 Å². The average molecular weight is 323 g/mol. The van der Waals surface area contributed by atoms with Gasteiger partial charge in [-0.3, -0.25) is 4.79 Å². The number of pyridine rings is 1. The van der Waals surface area contributed by atoms with E-state index < -0.39 is 23.8 Å². The van der Waals surface area contributed by atoms with Crippen LogP contribution in [0.5, 0.6) is 0 Å². The first-order valence-corrected chi connectivity index (χ1v) is 6.72. The van der Waals surface area contributed by atoms with Gasteiger partial charge >= 0.3 is 5.97 Å². The molecule has 2 rings (SSSR count). The first-order valence-electron chi connectivity index (χ1n) is 6.34. The van der Waals surface area contributed by atoms with E-state index in [1.54, 1.807) is 0 Å². The van der Waals surface area contributed by atoms with Crippen molar-refractivity contribution in [2.75, 3.05) is 5.32 Å². The molecule has 2 aromatic rings. The fourth-order valence-electron chi connectivity index (χ4n) is 1.56. The van der Waals surface area contributed by atoms with E-state index >= 15 is 0 Å². The van der Waals surface area contributed by atoms with Gasteiger partial charge in [-0.05, 0) is 43.3 Å². The summed E-state index contributed by atoms with van der Waals surface area (Å²) in [6.07, 6.45) is 0.239. The van der Waals surface area contributed by atoms with Crippen LogP contribution in [-0.2, 0) is 9.53 Å². The third-order valence-corrected chi connectivity index (χ3v) is 2.95. The summed E-state index contributed by atoms with van der Waals surface area (Å²) < 4.78 is 17.8. The smallest absolute Gasteiger partial charge is 0.340 e. The quantitative estimate of drug-likeness (QED) is 0.694. The molecule has 0 radical (unpaired) electrons. The van der Waals surface area contributed by atoms with E-state index in [9.17, 15) is 14.0 Å². The van der Waals surface area contributed by atoms with Crippen molar-refractivity contribution in [2.45, 2.75) is 13.0 Å². The molecule has 22 heavy (non-hydrogen) atoms. The van der Waals surface area contributed by atoms with Crippen LogP contribution in [0.2, 0.25) is 5.15 Å². The number of aromatic nitrogens is 1. The molecule has 0 unspecified atom stereocenters. The Balaban J connectivity index is 1.94. The molecule has 1 aromatic heterocycles. The monoisotopic (exact) mass is 322 g/mol. The number of nitrogens with one attached hydrogen (secondary N) is 1. The largest absolute Gasteiger partial charge is 0.449 e. The minimum atomic E-state index is -1.02. The molecule has 0 fully saturated rings. The third-order valence-electron chi connectivity index (χ3n) is 2.73. The van der Waals surface area contributed by atoms with Gasteiger partial charge in [-0.25, -0.2) is 14.2 Å². The molecular formula is C15H12ClFN2O3. The molecule has 1 amide bonds. The normalized spacial score (nSPS) is 11.6. The number of amides is 1. The molecule has 1 aromatic carbocycles. The molecule has 7 heteroatoms. The van der Waals surface area contributed by atoms with E-state index in [-0.39, 0.29) is 10.7 Å². The number of ether oxygens (including phenoxy) is 1. The Morgan fingerprint density at radius 3 is 2.50 bits per heavy atom. The predicted octanol–water partition coefficient (Wildman–Crippen LogP) is 3.06. The van der Waals surface area contributed by atoms with Crippen molar-refractivity contribution in [1.82, 2.24) is 4.98 Å². The minimum absolute atomic E-state index is 0.186. The van der Waals surface area contributed by atoms with Gasteiger partial charge in [-0.1, -0.05) is 11.6 Å². The fourth-order valence-corrected chi connectivity index (χ4v) is 1.67. The third kappa shape index (κ3) is 4.26. The second kappa shape index (κ2) is 7.00. The van der Waals surface area contributed by atoms with Crippen molar-refractivity contribution >= 4 is 29.2 Å². The number of benzene rings is 1. The maximum Gasteiger partial charge on any atom is 0.340 e. The van der Waals surface area contributed by atoms with Gasteiger partial charge in [0.25, 0.3) is 5.91 Å². The molecule has 1 heterocycles. The summed E-state index contributed by atoms with van der Waals surface area (Å²) in [5.74, 6) is -1.62. The summed E-state index contributed by atoms with van der Waals surface area (Å²) >= 11 is 5.62. The van der Waals surface area contributed by atoms with Crippen LogP contribution < -0.4 is 5.32 Å². The van der Waals surface area contributed by atoms with E-state index in [4.69, 9.17) is 16.3 Å². The zero-order valence-corrected chi connectivity index (χ0v) is 12.3. The van der Waals surface area contributed by atoms with Crippen LogP contribution in [-0.4, -0.2) is 23.0 Å². The Bertz CT molecular complexity index is 674. The highest BCUT2D eigenvalue weighted by Crippen LogP contribution is 2.11. The number of esters is 1. The van der Waals surface area contributed by atoms with Crippen molar-refractivity contribution < 1.29 is 18.7 Å². The molecule has 114 valence electrons. The topological polar surface area (TPSA) is 68.3 Å². The Morgan fingerprint density at radius 1 is 1.23 bits per heavy atom. The van der Waals surface area contributed by atoms with E-state index in [0.29, 0.717) is 5.69 Å². The van der Waals surface area contributed by atoms with Crippen LogP contribution in [0, 0.1) is 5.82 Å². The van der Waals surface area contributed by atoms with Gasteiger partial charge in [0.1, 0.15) is 11.0 Å². The zero-order valence-electron chi connectivity index (χ0n) is 11.5. The Labute approximate surface area is 131 Å². The molecule has 0 bridgehead atoms. The maximum atomic E-state index is 12.8. The van der Waals surface area contributed by atoms with Crippen molar-refractivity contribution in [3.05, 3.63) is 59.1 Å². The predicted molar refractivity (Wildman–Crippen MR) is 79.2 cm³/mol. The summed E-state index contributed by atoms with van der Waals surface area (Å²) in [4.78, 5) is 27.5. The summed E-state index contributed by atoms with van der Waals surface area (Å²) in [5.41, 5.74) is 0.591. The van der Waals surface area contributed by atoms with Gasteiger partial charge in [0, 0.05) is 11.9 Å².